The van der Waals surface area contributed by atoms with Gasteiger partial charge in [0.25, 0.3) is 0 Å². The molecule has 2 rings (SSSR count). The van der Waals surface area contributed by atoms with E-state index in [0.717, 1.165) is 12.0 Å². The fraction of sp³-hybridized carbons (Fsp3) is 0.375. The molecule has 2 unspecified atom stereocenters. The van der Waals surface area contributed by atoms with Crippen LogP contribution >= 0.6 is 11.6 Å². The van der Waals surface area contributed by atoms with Crippen LogP contribution < -0.4 is 0 Å². The molecule has 1 saturated heterocycles. The molecule has 1 N–H and O–H groups in total. The van der Waals surface area contributed by atoms with Crippen molar-refractivity contribution in [3.8, 4) is 0 Å². The van der Waals surface area contributed by atoms with Gasteiger partial charge < -0.3 is 10.0 Å². The third kappa shape index (κ3) is 4.08. The summed E-state index contributed by atoms with van der Waals surface area (Å²) in [5.74, 6) is -0.866. The zero-order valence-electron chi connectivity index (χ0n) is 11.8. The summed E-state index contributed by atoms with van der Waals surface area (Å²) in [6.07, 6.45) is 4.45. The minimum atomic E-state index is -0.935. The maximum Gasteiger partial charge on any atom is 0.326 e. The molecule has 112 valence electrons. The van der Waals surface area contributed by atoms with Crippen LogP contribution in [-0.2, 0) is 9.59 Å². The van der Waals surface area contributed by atoms with Crippen LogP contribution in [0.25, 0.3) is 6.08 Å². The van der Waals surface area contributed by atoms with Gasteiger partial charge in [-0.25, -0.2) is 4.79 Å². The minimum absolute atomic E-state index is 0.260. The SMILES string of the molecule is CC1CCN(C(=O)/C=C/c2ccc(Cl)cc2)C(C(=O)O)C1. The Balaban J connectivity index is 2.07. The molecule has 1 aromatic carbocycles. The minimum Gasteiger partial charge on any atom is -0.480 e. The molecule has 1 heterocycles. The number of halogens is 1. The maximum atomic E-state index is 12.2. The van der Waals surface area contributed by atoms with Crippen LogP contribution in [0.2, 0.25) is 5.02 Å². The van der Waals surface area contributed by atoms with Crippen LogP contribution in [0.3, 0.4) is 0 Å². The molecule has 2 atom stereocenters. The summed E-state index contributed by atoms with van der Waals surface area (Å²) in [4.78, 5) is 24.9. The highest BCUT2D eigenvalue weighted by Crippen LogP contribution is 2.23. The van der Waals surface area contributed by atoms with Gasteiger partial charge in [0.15, 0.2) is 0 Å². The summed E-state index contributed by atoms with van der Waals surface area (Å²) in [6, 6.07) is 6.37. The Bertz CT molecular complexity index is 553. The molecule has 1 fully saturated rings. The summed E-state index contributed by atoms with van der Waals surface area (Å²) in [7, 11) is 0. The summed E-state index contributed by atoms with van der Waals surface area (Å²) >= 11 is 5.80. The van der Waals surface area contributed by atoms with E-state index in [-0.39, 0.29) is 5.91 Å². The van der Waals surface area contributed by atoms with Gasteiger partial charge >= 0.3 is 5.97 Å². The van der Waals surface area contributed by atoms with Gasteiger partial charge in [-0.1, -0.05) is 30.7 Å². The molecule has 0 aromatic heterocycles. The summed E-state index contributed by atoms with van der Waals surface area (Å²) in [5.41, 5.74) is 0.852. The number of carboxylic acid groups (broad SMARTS) is 1. The van der Waals surface area contributed by atoms with E-state index in [1.807, 2.05) is 6.92 Å². The molecular formula is C16H18ClNO3. The first-order chi connectivity index (χ1) is 9.97. The zero-order valence-corrected chi connectivity index (χ0v) is 12.6. The van der Waals surface area contributed by atoms with Crippen LogP contribution in [0, 0.1) is 5.92 Å². The fourth-order valence-electron chi connectivity index (χ4n) is 2.48. The molecule has 1 aliphatic rings. The average Bonchev–Trinajstić information content (AvgIpc) is 2.46. The van der Waals surface area contributed by atoms with E-state index >= 15 is 0 Å². The van der Waals surface area contributed by atoms with Crippen molar-refractivity contribution in [3.05, 3.63) is 40.9 Å². The number of carbonyl (C=O) groups excluding carboxylic acids is 1. The Morgan fingerprint density at radius 1 is 1.33 bits per heavy atom. The molecule has 5 heteroatoms. The quantitative estimate of drug-likeness (QED) is 0.873. The van der Waals surface area contributed by atoms with Gasteiger partial charge in [0.2, 0.25) is 5.91 Å². The number of amides is 1. The van der Waals surface area contributed by atoms with Crippen molar-refractivity contribution in [1.29, 1.82) is 0 Å². The molecule has 1 aliphatic heterocycles. The Labute approximate surface area is 129 Å². The molecule has 0 saturated carbocycles. The predicted molar refractivity (Wildman–Crippen MR) is 82.0 cm³/mol. The normalized spacial score (nSPS) is 22.5. The van der Waals surface area contributed by atoms with Crippen LogP contribution in [0.5, 0.6) is 0 Å². The van der Waals surface area contributed by atoms with Crippen LogP contribution in [-0.4, -0.2) is 34.5 Å². The van der Waals surface area contributed by atoms with Crippen LogP contribution in [0.15, 0.2) is 30.3 Å². The van der Waals surface area contributed by atoms with Crippen molar-refractivity contribution in [2.45, 2.75) is 25.8 Å². The summed E-state index contributed by atoms with van der Waals surface area (Å²) in [5, 5.41) is 9.89. The first kappa shape index (κ1) is 15.6. The fourth-order valence-corrected chi connectivity index (χ4v) is 2.60. The second-order valence-electron chi connectivity index (χ2n) is 5.40. The molecule has 1 amide bonds. The number of carboxylic acids is 1. The number of carbonyl (C=O) groups is 2. The number of rotatable bonds is 3. The molecule has 0 radical (unpaired) electrons. The van der Waals surface area contributed by atoms with Crippen LogP contribution in [0.1, 0.15) is 25.3 Å². The number of benzene rings is 1. The number of aliphatic carboxylic acids is 1. The van der Waals surface area contributed by atoms with E-state index in [9.17, 15) is 14.7 Å². The highest BCUT2D eigenvalue weighted by atomic mass is 35.5. The molecule has 21 heavy (non-hydrogen) atoms. The largest absolute Gasteiger partial charge is 0.480 e. The van der Waals surface area contributed by atoms with Gasteiger partial charge in [0, 0.05) is 17.6 Å². The van der Waals surface area contributed by atoms with Crippen molar-refractivity contribution in [2.75, 3.05) is 6.54 Å². The standard InChI is InChI=1S/C16H18ClNO3/c1-11-8-9-18(14(10-11)16(20)21)15(19)7-4-12-2-5-13(17)6-3-12/h2-7,11,14H,8-10H2,1H3,(H,20,21)/b7-4+. The predicted octanol–water partition coefficient (Wildman–Crippen LogP) is 3.06. The lowest BCUT2D eigenvalue weighted by Gasteiger charge is -2.35. The lowest BCUT2D eigenvalue weighted by Crippen LogP contribution is -2.49. The van der Waals surface area contributed by atoms with Gasteiger partial charge in [-0.2, -0.15) is 0 Å². The van der Waals surface area contributed by atoms with E-state index in [1.54, 1.807) is 30.3 Å². The molecule has 1 aromatic rings. The van der Waals surface area contributed by atoms with Crippen molar-refractivity contribution in [3.63, 3.8) is 0 Å². The first-order valence-corrected chi connectivity index (χ1v) is 7.32. The van der Waals surface area contributed by atoms with Gasteiger partial charge in [0.05, 0.1) is 0 Å². The Kier molecular flexibility index (Phi) is 5.02. The first-order valence-electron chi connectivity index (χ1n) is 6.94. The molecule has 0 spiro atoms. The molecule has 0 aliphatic carbocycles. The highest BCUT2D eigenvalue weighted by Gasteiger charge is 2.33. The second kappa shape index (κ2) is 6.76. The van der Waals surface area contributed by atoms with Crippen LogP contribution in [0.4, 0.5) is 0 Å². The summed E-state index contributed by atoms with van der Waals surface area (Å²) < 4.78 is 0. The van der Waals surface area contributed by atoms with Gasteiger partial charge in [-0.3, -0.25) is 4.79 Å². The second-order valence-corrected chi connectivity index (χ2v) is 5.84. The van der Waals surface area contributed by atoms with E-state index in [2.05, 4.69) is 0 Å². The topological polar surface area (TPSA) is 57.6 Å². The number of nitrogens with zero attached hydrogens (tertiary/aromatic N) is 1. The number of likely N-dealkylation sites (tertiary alicyclic amines) is 1. The Morgan fingerprint density at radius 3 is 2.62 bits per heavy atom. The lowest BCUT2D eigenvalue weighted by atomic mass is 9.92. The van der Waals surface area contributed by atoms with E-state index in [0.29, 0.717) is 23.9 Å². The Morgan fingerprint density at radius 2 is 2.00 bits per heavy atom. The smallest absolute Gasteiger partial charge is 0.326 e. The zero-order chi connectivity index (χ0) is 15.4. The molecule has 4 nitrogen and oxygen atoms in total. The van der Waals surface area contributed by atoms with Gasteiger partial charge in [-0.05, 0) is 42.5 Å². The third-order valence-electron chi connectivity index (χ3n) is 3.72. The van der Waals surface area contributed by atoms with Gasteiger partial charge in [-0.15, -0.1) is 0 Å². The number of hydrogen-bond acceptors (Lipinski definition) is 2. The number of piperidine rings is 1. The molecule has 0 bridgehead atoms. The number of hydrogen-bond donors (Lipinski definition) is 1. The monoisotopic (exact) mass is 307 g/mol. The van der Waals surface area contributed by atoms with Crippen molar-refractivity contribution >= 4 is 29.6 Å². The molecular weight excluding hydrogens is 290 g/mol. The lowest BCUT2D eigenvalue weighted by molar-refractivity contribution is -0.151. The van der Waals surface area contributed by atoms with Gasteiger partial charge in [0.1, 0.15) is 6.04 Å². The maximum absolute atomic E-state index is 12.2. The van der Waals surface area contributed by atoms with Crippen molar-refractivity contribution in [1.82, 2.24) is 4.90 Å². The third-order valence-corrected chi connectivity index (χ3v) is 3.97. The van der Waals surface area contributed by atoms with E-state index < -0.39 is 12.0 Å². The highest BCUT2D eigenvalue weighted by molar-refractivity contribution is 6.30. The average molecular weight is 308 g/mol. The van der Waals surface area contributed by atoms with E-state index in [1.165, 1.54) is 11.0 Å². The van der Waals surface area contributed by atoms with Crippen molar-refractivity contribution < 1.29 is 14.7 Å². The van der Waals surface area contributed by atoms with Crippen molar-refractivity contribution in [2.24, 2.45) is 5.92 Å². The Hall–Kier alpha value is -1.81. The van der Waals surface area contributed by atoms with E-state index in [4.69, 9.17) is 11.6 Å². The summed E-state index contributed by atoms with van der Waals surface area (Å²) in [6.45, 7) is 2.50.